The van der Waals surface area contributed by atoms with Crippen molar-refractivity contribution in [3.8, 4) is 11.8 Å². The molecule has 0 saturated carbocycles. The Morgan fingerprint density at radius 1 is 1.36 bits per heavy atom. The largest absolute Gasteiger partial charge is 0.494 e. The molecule has 0 aliphatic heterocycles. The number of nitrogens with zero attached hydrogens (tertiary/aromatic N) is 2. The number of benzene rings is 1. The van der Waals surface area contributed by atoms with Crippen LogP contribution in [0.3, 0.4) is 0 Å². The van der Waals surface area contributed by atoms with E-state index in [9.17, 15) is 4.79 Å². The Kier molecular flexibility index (Phi) is 4.99. The lowest BCUT2D eigenvalue weighted by molar-refractivity contribution is -0.112. The van der Waals surface area contributed by atoms with Crippen molar-refractivity contribution in [2.45, 2.75) is 6.92 Å². The molecule has 5 nitrogen and oxygen atoms in total. The van der Waals surface area contributed by atoms with Gasteiger partial charge >= 0.3 is 0 Å². The molecule has 2 rings (SSSR count). The first-order valence-corrected chi connectivity index (χ1v) is 6.90. The van der Waals surface area contributed by atoms with E-state index in [0.29, 0.717) is 12.3 Å². The number of rotatable bonds is 5. The number of nitriles is 1. The Bertz CT molecular complexity index is 721. The van der Waals surface area contributed by atoms with Crippen LogP contribution in [-0.2, 0) is 11.8 Å². The fourth-order valence-corrected chi connectivity index (χ4v) is 1.93. The van der Waals surface area contributed by atoms with E-state index in [1.807, 2.05) is 43.1 Å². The van der Waals surface area contributed by atoms with Gasteiger partial charge in [0.05, 0.1) is 6.61 Å². The van der Waals surface area contributed by atoms with Crippen LogP contribution < -0.4 is 10.1 Å². The molecule has 5 heteroatoms. The number of hydrogen-bond donors (Lipinski definition) is 1. The van der Waals surface area contributed by atoms with E-state index in [0.717, 1.165) is 11.3 Å². The second kappa shape index (κ2) is 7.14. The van der Waals surface area contributed by atoms with Crippen molar-refractivity contribution in [1.29, 1.82) is 5.26 Å². The zero-order valence-electron chi connectivity index (χ0n) is 12.5. The first-order valence-electron chi connectivity index (χ1n) is 6.90. The average molecular weight is 295 g/mol. The number of carbonyl (C=O) groups is 1. The first kappa shape index (κ1) is 15.4. The molecule has 1 aromatic heterocycles. The van der Waals surface area contributed by atoms with Crippen LogP contribution in [0.1, 0.15) is 12.5 Å². The fraction of sp³-hybridized carbons (Fsp3) is 0.176. The van der Waals surface area contributed by atoms with Gasteiger partial charge in [-0.25, -0.2) is 0 Å². The summed E-state index contributed by atoms with van der Waals surface area (Å²) in [5.74, 6) is 0.302. The Morgan fingerprint density at radius 2 is 2.09 bits per heavy atom. The highest BCUT2D eigenvalue weighted by Gasteiger charge is 2.09. The summed E-state index contributed by atoms with van der Waals surface area (Å²) < 4.78 is 7.19. The highest BCUT2D eigenvalue weighted by atomic mass is 16.5. The van der Waals surface area contributed by atoms with Crippen LogP contribution in [0.25, 0.3) is 6.08 Å². The number of anilines is 1. The summed E-state index contributed by atoms with van der Waals surface area (Å²) in [4.78, 5) is 12.1. The number of amides is 1. The summed E-state index contributed by atoms with van der Waals surface area (Å²) in [5, 5.41) is 11.8. The van der Waals surface area contributed by atoms with Crippen LogP contribution >= 0.6 is 0 Å². The summed E-state index contributed by atoms with van der Waals surface area (Å²) in [5.41, 5.74) is 1.48. The van der Waals surface area contributed by atoms with E-state index in [4.69, 9.17) is 10.00 Å². The monoisotopic (exact) mass is 295 g/mol. The molecule has 22 heavy (non-hydrogen) atoms. The molecule has 0 aliphatic carbocycles. The molecular weight excluding hydrogens is 278 g/mol. The fourth-order valence-electron chi connectivity index (χ4n) is 1.93. The third-order valence-electron chi connectivity index (χ3n) is 2.95. The van der Waals surface area contributed by atoms with Crippen LogP contribution in [-0.4, -0.2) is 17.1 Å². The molecule has 0 bridgehead atoms. The summed E-state index contributed by atoms with van der Waals surface area (Å²) in [6.07, 6.45) is 5.25. The molecule has 0 spiro atoms. The Morgan fingerprint density at radius 3 is 2.64 bits per heavy atom. The van der Waals surface area contributed by atoms with Gasteiger partial charge in [-0.3, -0.25) is 4.79 Å². The van der Waals surface area contributed by atoms with Gasteiger partial charge in [0, 0.05) is 25.1 Å². The maximum atomic E-state index is 12.1. The minimum absolute atomic E-state index is 0.0556. The Labute approximate surface area is 129 Å². The summed E-state index contributed by atoms with van der Waals surface area (Å²) >= 11 is 0. The molecule has 0 atom stereocenters. The number of aryl methyl sites for hydroxylation is 1. The highest BCUT2D eigenvalue weighted by Crippen LogP contribution is 2.16. The lowest BCUT2D eigenvalue weighted by Gasteiger charge is -2.06. The van der Waals surface area contributed by atoms with E-state index in [-0.39, 0.29) is 5.57 Å². The molecule has 0 unspecified atom stereocenters. The Balaban J connectivity index is 2.09. The van der Waals surface area contributed by atoms with Gasteiger partial charge in [0.1, 0.15) is 17.4 Å². The van der Waals surface area contributed by atoms with Gasteiger partial charge in [-0.2, -0.15) is 5.26 Å². The van der Waals surface area contributed by atoms with Crippen molar-refractivity contribution >= 4 is 17.7 Å². The predicted octanol–water partition coefficient (Wildman–Crippen LogP) is 2.97. The minimum atomic E-state index is -0.435. The quantitative estimate of drug-likeness (QED) is 0.681. The van der Waals surface area contributed by atoms with E-state index >= 15 is 0 Å². The van der Waals surface area contributed by atoms with Crippen molar-refractivity contribution in [3.05, 3.63) is 53.9 Å². The second-order valence-electron chi connectivity index (χ2n) is 4.69. The van der Waals surface area contributed by atoms with Gasteiger partial charge < -0.3 is 14.6 Å². The molecule has 0 radical (unpaired) electrons. The van der Waals surface area contributed by atoms with Crippen molar-refractivity contribution in [2.24, 2.45) is 7.05 Å². The normalized spacial score (nSPS) is 10.9. The van der Waals surface area contributed by atoms with Gasteiger partial charge in [0.15, 0.2) is 0 Å². The topological polar surface area (TPSA) is 67.0 Å². The SMILES string of the molecule is CCOc1ccc(NC(=O)/C(C#N)=C/c2ccn(C)c2)cc1. The number of nitrogens with one attached hydrogen (secondary N) is 1. The highest BCUT2D eigenvalue weighted by molar-refractivity contribution is 6.09. The van der Waals surface area contributed by atoms with E-state index in [1.54, 1.807) is 30.3 Å². The van der Waals surface area contributed by atoms with Gasteiger partial charge in [-0.15, -0.1) is 0 Å². The Hall–Kier alpha value is -3.00. The van der Waals surface area contributed by atoms with E-state index in [2.05, 4.69) is 5.32 Å². The maximum Gasteiger partial charge on any atom is 0.266 e. The van der Waals surface area contributed by atoms with Crippen LogP contribution in [0.4, 0.5) is 5.69 Å². The molecule has 1 heterocycles. The predicted molar refractivity (Wildman–Crippen MR) is 85.2 cm³/mol. The molecular formula is C17H17N3O2. The third-order valence-corrected chi connectivity index (χ3v) is 2.95. The van der Waals surface area contributed by atoms with Gasteiger partial charge in [0.25, 0.3) is 5.91 Å². The number of carbonyl (C=O) groups excluding carboxylic acids is 1. The van der Waals surface area contributed by atoms with Gasteiger partial charge in [-0.05, 0) is 48.9 Å². The lowest BCUT2D eigenvalue weighted by atomic mass is 10.2. The third kappa shape index (κ3) is 4.00. The summed E-state index contributed by atoms with van der Waals surface area (Å²) in [7, 11) is 1.88. The van der Waals surface area contributed by atoms with Crippen molar-refractivity contribution in [2.75, 3.05) is 11.9 Å². The average Bonchev–Trinajstić information content (AvgIpc) is 2.92. The van der Waals surface area contributed by atoms with Crippen LogP contribution in [0.2, 0.25) is 0 Å². The molecule has 1 amide bonds. The van der Waals surface area contributed by atoms with Crippen LogP contribution in [0.5, 0.6) is 5.75 Å². The summed E-state index contributed by atoms with van der Waals surface area (Å²) in [6.45, 7) is 2.49. The van der Waals surface area contributed by atoms with Crippen molar-refractivity contribution < 1.29 is 9.53 Å². The standard InChI is InChI=1S/C17H17N3O2/c1-3-22-16-6-4-15(5-7-16)19-17(21)14(11-18)10-13-8-9-20(2)12-13/h4-10,12H,3H2,1-2H3,(H,19,21)/b14-10+. The lowest BCUT2D eigenvalue weighted by Crippen LogP contribution is -2.13. The minimum Gasteiger partial charge on any atom is -0.494 e. The molecule has 1 N–H and O–H groups in total. The maximum absolute atomic E-state index is 12.1. The van der Waals surface area contributed by atoms with Crippen molar-refractivity contribution in [3.63, 3.8) is 0 Å². The van der Waals surface area contributed by atoms with E-state index in [1.165, 1.54) is 0 Å². The van der Waals surface area contributed by atoms with Crippen LogP contribution in [0.15, 0.2) is 48.3 Å². The molecule has 2 aromatic rings. The van der Waals surface area contributed by atoms with Crippen LogP contribution in [0, 0.1) is 11.3 Å². The molecule has 0 fully saturated rings. The molecule has 1 aromatic carbocycles. The zero-order valence-corrected chi connectivity index (χ0v) is 12.5. The van der Waals surface area contributed by atoms with Crippen molar-refractivity contribution in [1.82, 2.24) is 4.57 Å². The van der Waals surface area contributed by atoms with E-state index < -0.39 is 5.91 Å². The second-order valence-corrected chi connectivity index (χ2v) is 4.69. The van der Waals surface area contributed by atoms with Gasteiger partial charge in [-0.1, -0.05) is 0 Å². The smallest absolute Gasteiger partial charge is 0.266 e. The molecule has 112 valence electrons. The zero-order chi connectivity index (χ0) is 15.9. The van der Waals surface area contributed by atoms with Gasteiger partial charge in [0.2, 0.25) is 0 Å². The summed E-state index contributed by atoms with van der Waals surface area (Å²) in [6, 6.07) is 10.8. The number of aromatic nitrogens is 1. The first-order chi connectivity index (χ1) is 10.6. The number of ether oxygens (including phenoxy) is 1. The molecule has 0 saturated heterocycles. The number of hydrogen-bond acceptors (Lipinski definition) is 3. The molecule has 0 aliphatic rings.